The number of hydrogen-bond donors (Lipinski definition) is 1. The summed E-state index contributed by atoms with van der Waals surface area (Å²) in [6.07, 6.45) is 0. The molecule has 0 unspecified atom stereocenters. The Kier molecular flexibility index (Phi) is 3.55. The maximum Gasteiger partial charge on any atom is 0.336 e. The zero-order valence-electron chi connectivity index (χ0n) is 11.5. The van der Waals surface area contributed by atoms with Crippen molar-refractivity contribution >= 4 is 44.1 Å². The predicted molar refractivity (Wildman–Crippen MR) is 89.2 cm³/mol. The van der Waals surface area contributed by atoms with Crippen LogP contribution in [-0.4, -0.2) is 16.1 Å². The number of aromatic nitrogens is 1. The highest BCUT2D eigenvalue weighted by molar-refractivity contribution is 9.10. The van der Waals surface area contributed by atoms with Gasteiger partial charge in [0.15, 0.2) is 0 Å². The smallest absolute Gasteiger partial charge is 0.336 e. The highest BCUT2D eigenvalue weighted by Crippen LogP contribution is 2.33. The molecule has 2 heterocycles. The van der Waals surface area contributed by atoms with Crippen LogP contribution in [0.3, 0.4) is 0 Å². The van der Waals surface area contributed by atoms with E-state index in [0.717, 1.165) is 31.7 Å². The van der Waals surface area contributed by atoms with Gasteiger partial charge in [-0.3, -0.25) is 0 Å². The summed E-state index contributed by atoms with van der Waals surface area (Å²) in [7, 11) is 0. The molecule has 0 bridgehead atoms. The average molecular weight is 362 g/mol. The summed E-state index contributed by atoms with van der Waals surface area (Å²) in [4.78, 5) is 17.3. The van der Waals surface area contributed by atoms with Crippen LogP contribution in [0, 0.1) is 13.8 Å². The number of pyridine rings is 1. The number of carbonyl (C=O) groups is 1. The highest BCUT2D eigenvalue weighted by Gasteiger charge is 2.16. The van der Waals surface area contributed by atoms with E-state index in [4.69, 9.17) is 0 Å². The number of hydrogen-bond acceptors (Lipinski definition) is 3. The van der Waals surface area contributed by atoms with E-state index >= 15 is 0 Å². The van der Waals surface area contributed by atoms with Crippen molar-refractivity contribution in [2.24, 2.45) is 0 Å². The monoisotopic (exact) mass is 361 g/mol. The van der Waals surface area contributed by atoms with Gasteiger partial charge in [0.05, 0.1) is 21.7 Å². The van der Waals surface area contributed by atoms with E-state index in [1.165, 1.54) is 0 Å². The second kappa shape index (κ2) is 5.24. The van der Waals surface area contributed by atoms with Crippen molar-refractivity contribution in [1.29, 1.82) is 0 Å². The van der Waals surface area contributed by atoms with Gasteiger partial charge in [0.25, 0.3) is 0 Å². The zero-order chi connectivity index (χ0) is 15.1. The van der Waals surface area contributed by atoms with Crippen molar-refractivity contribution in [3.63, 3.8) is 0 Å². The van der Waals surface area contributed by atoms with Crippen LogP contribution >= 0.6 is 27.3 Å². The fourth-order valence-electron chi connectivity index (χ4n) is 2.38. The molecular formula is C16H12BrNO2S. The largest absolute Gasteiger partial charge is 0.478 e. The number of aromatic carboxylic acids is 1. The molecule has 0 amide bonds. The third-order valence-electron chi connectivity index (χ3n) is 3.39. The Morgan fingerprint density at radius 1 is 1.24 bits per heavy atom. The number of carboxylic acid groups (broad SMARTS) is 1. The van der Waals surface area contributed by atoms with Gasteiger partial charge in [0.1, 0.15) is 0 Å². The van der Waals surface area contributed by atoms with Gasteiger partial charge in [0, 0.05) is 9.86 Å². The van der Waals surface area contributed by atoms with Crippen LogP contribution in [0.4, 0.5) is 0 Å². The second-order valence-corrected chi connectivity index (χ2v) is 6.74. The van der Waals surface area contributed by atoms with Gasteiger partial charge in [-0.25, -0.2) is 9.78 Å². The molecule has 0 saturated carbocycles. The maximum absolute atomic E-state index is 11.6. The fourth-order valence-corrected chi connectivity index (χ4v) is 3.84. The Morgan fingerprint density at radius 2 is 2.00 bits per heavy atom. The summed E-state index contributed by atoms with van der Waals surface area (Å²) in [5.41, 5.74) is 3.81. The molecule has 0 aliphatic carbocycles. The number of nitrogens with zero attached hydrogens (tertiary/aromatic N) is 1. The first-order valence-corrected chi connectivity index (χ1v) is 8.03. The molecule has 5 heteroatoms. The molecule has 3 aromatic rings. The lowest BCUT2D eigenvalue weighted by molar-refractivity contribution is 0.0699. The number of rotatable bonds is 2. The van der Waals surface area contributed by atoms with E-state index in [-0.39, 0.29) is 5.56 Å². The summed E-state index contributed by atoms with van der Waals surface area (Å²) >= 11 is 4.99. The van der Waals surface area contributed by atoms with E-state index in [2.05, 4.69) is 20.9 Å². The Hall–Kier alpha value is -1.72. The minimum absolute atomic E-state index is 0.284. The molecule has 0 aliphatic rings. The van der Waals surface area contributed by atoms with Crippen molar-refractivity contribution in [2.45, 2.75) is 13.8 Å². The van der Waals surface area contributed by atoms with Gasteiger partial charge in [-0.2, -0.15) is 0 Å². The number of thiophene rings is 1. The quantitative estimate of drug-likeness (QED) is 0.695. The van der Waals surface area contributed by atoms with E-state index in [0.29, 0.717) is 5.39 Å². The number of halogens is 1. The predicted octanol–water partition coefficient (Wildman–Crippen LogP) is 5.04. The van der Waals surface area contributed by atoms with Crippen LogP contribution < -0.4 is 0 Å². The Balaban J connectivity index is 2.40. The molecule has 0 saturated heterocycles. The van der Waals surface area contributed by atoms with Crippen molar-refractivity contribution < 1.29 is 9.90 Å². The minimum Gasteiger partial charge on any atom is -0.478 e. The van der Waals surface area contributed by atoms with Gasteiger partial charge in [-0.05, 0) is 54.6 Å². The average Bonchev–Trinajstić information content (AvgIpc) is 2.84. The van der Waals surface area contributed by atoms with Crippen LogP contribution in [0.25, 0.3) is 21.5 Å². The van der Waals surface area contributed by atoms with Crippen LogP contribution in [-0.2, 0) is 0 Å². The van der Waals surface area contributed by atoms with Crippen LogP contribution in [0.5, 0.6) is 0 Å². The fraction of sp³-hybridized carbons (Fsp3) is 0.125. The van der Waals surface area contributed by atoms with Gasteiger partial charge in [-0.15, -0.1) is 11.3 Å². The molecule has 2 aromatic heterocycles. The normalized spacial score (nSPS) is 11.0. The topological polar surface area (TPSA) is 50.2 Å². The van der Waals surface area contributed by atoms with Gasteiger partial charge in [0.2, 0.25) is 0 Å². The van der Waals surface area contributed by atoms with E-state index in [1.807, 2.05) is 37.4 Å². The number of fused-ring (bicyclic) bond motifs is 1. The minimum atomic E-state index is -0.935. The molecular weight excluding hydrogens is 350 g/mol. The van der Waals surface area contributed by atoms with Crippen LogP contribution in [0.15, 0.2) is 34.1 Å². The zero-order valence-corrected chi connectivity index (χ0v) is 13.9. The number of benzene rings is 1. The molecule has 106 valence electrons. The van der Waals surface area contributed by atoms with E-state index < -0.39 is 5.97 Å². The summed E-state index contributed by atoms with van der Waals surface area (Å²) in [6.45, 7) is 3.95. The molecule has 0 radical (unpaired) electrons. The van der Waals surface area contributed by atoms with Gasteiger partial charge < -0.3 is 5.11 Å². The molecule has 3 rings (SSSR count). The van der Waals surface area contributed by atoms with Crippen LogP contribution in [0.1, 0.15) is 21.5 Å². The van der Waals surface area contributed by atoms with Crippen molar-refractivity contribution in [3.8, 4) is 10.6 Å². The third-order valence-corrected chi connectivity index (χ3v) is 4.89. The first-order valence-electron chi connectivity index (χ1n) is 6.36. The van der Waals surface area contributed by atoms with Crippen LogP contribution in [0.2, 0.25) is 0 Å². The lowest BCUT2D eigenvalue weighted by Crippen LogP contribution is -2.01. The standard InChI is InChI=1S/C16H12BrNO2S/c1-8-3-4-21-15(8)13-7-12(16(19)20)11-6-10(17)5-9(2)14(11)18-13/h3-7H,1-2H3,(H,19,20). The molecule has 3 nitrogen and oxygen atoms in total. The molecule has 0 aliphatic heterocycles. The summed E-state index contributed by atoms with van der Waals surface area (Å²) in [5, 5.41) is 12.2. The summed E-state index contributed by atoms with van der Waals surface area (Å²) in [5.74, 6) is -0.935. The SMILES string of the molecule is Cc1ccsc1-c1cc(C(=O)O)c2cc(Br)cc(C)c2n1. The molecule has 1 N–H and O–H groups in total. The highest BCUT2D eigenvalue weighted by atomic mass is 79.9. The Bertz CT molecular complexity index is 870. The first kappa shape index (κ1) is 14.2. The number of aryl methyl sites for hydroxylation is 2. The Morgan fingerprint density at radius 3 is 2.62 bits per heavy atom. The third kappa shape index (κ3) is 2.47. The molecule has 1 aromatic carbocycles. The first-order chi connectivity index (χ1) is 9.97. The molecule has 21 heavy (non-hydrogen) atoms. The lowest BCUT2D eigenvalue weighted by atomic mass is 10.0. The van der Waals surface area contributed by atoms with E-state index in [1.54, 1.807) is 17.4 Å². The van der Waals surface area contributed by atoms with Gasteiger partial charge >= 0.3 is 5.97 Å². The summed E-state index contributed by atoms with van der Waals surface area (Å²) < 4.78 is 0.858. The second-order valence-electron chi connectivity index (χ2n) is 4.91. The molecule has 0 atom stereocenters. The van der Waals surface area contributed by atoms with Gasteiger partial charge in [-0.1, -0.05) is 15.9 Å². The summed E-state index contributed by atoms with van der Waals surface area (Å²) in [6, 6.07) is 7.44. The van der Waals surface area contributed by atoms with Crippen molar-refractivity contribution in [2.75, 3.05) is 0 Å². The van der Waals surface area contributed by atoms with Crippen molar-refractivity contribution in [1.82, 2.24) is 4.98 Å². The maximum atomic E-state index is 11.6. The molecule has 0 fully saturated rings. The van der Waals surface area contributed by atoms with Crippen molar-refractivity contribution in [3.05, 3.63) is 50.8 Å². The van der Waals surface area contributed by atoms with E-state index in [9.17, 15) is 9.90 Å². The molecule has 0 spiro atoms. The lowest BCUT2D eigenvalue weighted by Gasteiger charge is -2.09. The number of carboxylic acids is 1. The Labute approximate surface area is 134 Å².